The van der Waals surface area contributed by atoms with Crippen LogP contribution in [-0.4, -0.2) is 28.3 Å². The zero-order chi connectivity index (χ0) is 20.1. The Balaban J connectivity index is 1.70. The molecule has 0 spiro atoms. The number of aromatic amines is 1. The molecule has 7 nitrogen and oxygen atoms in total. The maximum atomic E-state index is 12.3. The zero-order valence-corrected chi connectivity index (χ0v) is 16.0. The lowest BCUT2D eigenvalue weighted by Crippen LogP contribution is -2.18. The first-order valence-corrected chi connectivity index (χ1v) is 8.96. The molecule has 3 rings (SSSR count). The van der Waals surface area contributed by atoms with Crippen LogP contribution in [0.2, 0.25) is 0 Å². The number of nitrogens with zero attached hydrogens (tertiary/aromatic N) is 2. The Morgan fingerprint density at radius 2 is 1.75 bits per heavy atom. The Kier molecular flexibility index (Phi) is 5.84. The van der Waals surface area contributed by atoms with Crippen molar-refractivity contribution in [2.45, 2.75) is 26.2 Å². The minimum absolute atomic E-state index is 0.231. The third-order valence-corrected chi connectivity index (χ3v) is 4.35. The highest BCUT2D eigenvalue weighted by molar-refractivity contribution is 5.89. The fraction of sp³-hybridized carbons (Fsp3) is 0.238. The van der Waals surface area contributed by atoms with Gasteiger partial charge in [0.15, 0.2) is 0 Å². The van der Waals surface area contributed by atoms with Crippen molar-refractivity contribution in [2.24, 2.45) is 0 Å². The number of methoxy groups -OCH3 is 1. The molecule has 2 N–H and O–H groups in total. The third kappa shape index (κ3) is 4.62. The number of nitrogens with one attached hydrogen (secondary N) is 2. The summed E-state index contributed by atoms with van der Waals surface area (Å²) in [6.07, 6.45) is 0.412. The third-order valence-electron chi connectivity index (χ3n) is 4.35. The highest BCUT2D eigenvalue weighted by atomic mass is 16.5. The molecular weight excluding hydrogens is 356 g/mol. The average Bonchev–Trinajstić information content (AvgIpc) is 2.70. The highest BCUT2D eigenvalue weighted by Crippen LogP contribution is 2.16. The second-order valence-electron chi connectivity index (χ2n) is 6.72. The number of aromatic nitrogens is 3. The van der Waals surface area contributed by atoms with E-state index in [4.69, 9.17) is 0 Å². The van der Waals surface area contributed by atoms with Crippen molar-refractivity contribution in [1.29, 1.82) is 0 Å². The molecule has 0 fully saturated rings. The van der Waals surface area contributed by atoms with Crippen LogP contribution in [0.5, 0.6) is 0 Å². The summed E-state index contributed by atoms with van der Waals surface area (Å²) in [7, 11) is 1.33. The molecule has 0 aliphatic heterocycles. The smallest absolute Gasteiger partial charge is 0.337 e. The van der Waals surface area contributed by atoms with Gasteiger partial charge in [-0.05, 0) is 41.3 Å². The van der Waals surface area contributed by atoms with Crippen LogP contribution in [0.3, 0.4) is 0 Å². The largest absolute Gasteiger partial charge is 0.465 e. The molecule has 144 valence electrons. The van der Waals surface area contributed by atoms with E-state index in [9.17, 15) is 9.59 Å². The fourth-order valence-corrected chi connectivity index (χ4v) is 2.69. The van der Waals surface area contributed by atoms with Gasteiger partial charge < -0.3 is 10.1 Å². The maximum absolute atomic E-state index is 12.3. The quantitative estimate of drug-likeness (QED) is 0.638. The van der Waals surface area contributed by atoms with Gasteiger partial charge in [-0.2, -0.15) is 0 Å². The number of H-pyrrole nitrogens is 1. The van der Waals surface area contributed by atoms with E-state index in [-0.39, 0.29) is 11.5 Å². The first-order valence-electron chi connectivity index (χ1n) is 8.96. The Labute approximate surface area is 162 Å². The van der Waals surface area contributed by atoms with Gasteiger partial charge in [0, 0.05) is 12.1 Å². The van der Waals surface area contributed by atoms with E-state index < -0.39 is 5.97 Å². The van der Waals surface area contributed by atoms with Crippen molar-refractivity contribution in [1.82, 2.24) is 15.2 Å². The summed E-state index contributed by atoms with van der Waals surface area (Å²) in [5.74, 6) is 0.282. The fourth-order valence-electron chi connectivity index (χ4n) is 2.69. The number of rotatable bonds is 6. The number of esters is 1. The zero-order valence-electron chi connectivity index (χ0n) is 16.0. The van der Waals surface area contributed by atoms with Crippen molar-refractivity contribution < 1.29 is 9.53 Å². The van der Waals surface area contributed by atoms with Crippen LogP contribution in [0.15, 0.2) is 53.3 Å². The lowest BCUT2D eigenvalue weighted by molar-refractivity contribution is 0.0601. The molecule has 0 bridgehead atoms. The van der Waals surface area contributed by atoms with Gasteiger partial charge in [0.2, 0.25) is 5.95 Å². The Hall–Kier alpha value is -3.48. The number of carbonyl (C=O) groups is 1. The predicted molar refractivity (Wildman–Crippen MR) is 107 cm³/mol. The van der Waals surface area contributed by atoms with E-state index in [1.807, 2.05) is 12.1 Å². The van der Waals surface area contributed by atoms with E-state index in [2.05, 4.69) is 51.2 Å². The van der Waals surface area contributed by atoms with Gasteiger partial charge in [-0.1, -0.05) is 38.1 Å². The second kappa shape index (κ2) is 8.47. The van der Waals surface area contributed by atoms with Crippen LogP contribution in [0.25, 0.3) is 0 Å². The summed E-state index contributed by atoms with van der Waals surface area (Å²) < 4.78 is 4.66. The summed E-state index contributed by atoms with van der Waals surface area (Å²) in [6.45, 7) is 4.28. The molecule has 0 radical (unpaired) electrons. The summed E-state index contributed by atoms with van der Waals surface area (Å²) in [5.41, 5.74) is 3.41. The van der Waals surface area contributed by atoms with Gasteiger partial charge in [0.25, 0.3) is 5.56 Å². The van der Waals surface area contributed by atoms with E-state index in [0.29, 0.717) is 29.3 Å². The molecule has 0 atom stereocenters. The molecule has 0 amide bonds. The summed E-state index contributed by atoms with van der Waals surface area (Å²) in [6, 6.07) is 14.8. The van der Waals surface area contributed by atoms with Crippen molar-refractivity contribution >= 4 is 17.6 Å². The minimum atomic E-state index is -0.412. The van der Waals surface area contributed by atoms with Crippen LogP contribution in [0.1, 0.15) is 46.9 Å². The van der Waals surface area contributed by atoms with Crippen molar-refractivity contribution in [3.05, 3.63) is 81.3 Å². The molecule has 0 saturated carbocycles. The summed E-state index contributed by atoms with van der Waals surface area (Å²) in [4.78, 5) is 26.5. The first kappa shape index (κ1) is 19.3. The van der Waals surface area contributed by atoms with Gasteiger partial charge in [-0.15, -0.1) is 10.2 Å². The number of ether oxygens (including phenoxy) is 1. The van der Waals surface area contributed by atoms with Crippen LogP contribution in [-0.2, 0) is 11.2 Å². The van der Waals surface area contributed by atoms with Crippen molar-refractivity contribution in [3.63, 3.8) is 0 Å². The maximum Gasteiger partial charge on any atom is 0.337 e. The van der Waals surface area contributed by atoms with E-state index in [1.54, 1.807) is 24.3 Å². The normalized spacial score (nSPS) is 10.7. The number of benzene rings is 2. The SMILES string of the molecule is COC(=O)c1ccc(Nc2nnc(Cc3ccc(C(C)C)cc3)c(=O)[nH]2)cc1. The number of anilines is 2. The van der Waals surface area contributed by atoms with Gasteiger partial charge in [-0.25, -0.2) is 4.79 Å². The standard InChI is InChI=1S/C21H22N4O3/c1-13(2)15-6-4-14(5-7-15)12-18-19(26)23-21(25-24-18)22-17-10-8-16(9-11-17)20(27)28-3/h4-11,13H,12H2,1-3H3,(H2,22,23,25,26). The van der Waals surface area contributed by atoms with Gasteiger partial charge in [0.05, 0.1) is 12.7 Å². The van der Waals surface area contributed by atoms with Crippen LogP contribution in [0, 0.1) is 0 Å². The van der Waals surface area contributed by atoms with E-state index in [0.717, 1.165) is 5.56 Å². The van der Waals surface area contributed by atoms with E-state index >= 15 is 0 Å². The Morgan fingerprint density at radius 3 is 2.32 bits per heavy atom. The number of carbonyl (C=O) groups excluding carboxylic acids is 1. The molecule has 0 aliphatic rings. The lowest BCUT2D eigenvalue weighted by atomic mass is 10.0. The molecule has 1 aromatic heterocycles. The molecular formula is C21H22N4O3. The number of hydrogen-bond donors (Lipinski definition) is 2. The summed E-state index contributed by atoms with van der Waals surface area (Å²) >= 11 is 0. The molecule has 0 saturated heterocycles. The molecule has 7 heteroatoms. The molecule has 0 aliphatic carbocycles. The van der Waals surface area contributed by atoms with Crippen molar-refractivity contribution in [3.8, 4) is 0 Å². The topological polar surface area (TPSA) is 97.0 Å². The van der Waals surface area contributed by atoms with Crippen LogP contribution < -0.4 is 10.9 Å². The van der Waals surface area contributed by atoms with Gasteiger partial charge in [-0.3, -0.25) is 9.78 Å². The van der Waals surface area contributed by atoms with Crippen LogP contribution in [0.4, 0.5) is 11.6 Å². The first-order chi connectivity index (χ1) is 13.5. The molecule has 1 heterocycles. The Morgan fingerprint density at radius 1 is 1.07 bits per heavy atom. The van der Waals surface area contributed by atoms with Crippen molar-refractivity contribution in [2.75, 3.05) is 12.4 Å². The molecule has 0 unspecified atom stereocenters. The highest BCUT2D eigenvalue weighted by Gasteiger charge is 2.08. The molecule has 3 aromatic rings. The van der Waals surface area contributed by atoms with E-state index in [1.165, 1.54) is 12.7 Å². The van der Waals surface area contributed by atoms with Gasteiger partial charge in [0.1, 0.15) is 5.69 Å². The lowest BCUT2D eigenvalue weighted by Gasteiger charge is -2.08. The van der Waals surface area contributed by atoms with Gasteiger partial charge >= 0.3 is 5.97 Å². The number of hydrogen-bond acceptors (Lipinski definition) is 6. The van der Waals surface area contributed by atoms with Crippen LogP contribution >= 0.6 is 0 Å². The molecule has 2 aromatic carbocycles. The monoisotopic (exact) mass is 378 g/mol. The minimum Gasteiger partial charge on any atom is -0.465 e. The molecule has 28 heavy (non-hydrogen) atoms. The summed E-state index contributed by atoms with van der Waals surface area (Å²) in [5, 5.41) is 11.1. The average molecular weight is 378 g/mol. The second-order valence-corrected chi connectivity index (χ2v) is 6.72. The Bertz CT molecular complexity index is 1010. The predicted octanol–water partition coefficient (Wildman–Crippen LogP) is 3.41.